The number of benzene rings is 1. The second kappa shape index (κ2) is 6.70. The van der Waals surface area contributed by atoms with Crippen LogP contribution in [-0.2, 0) is 4.79 Å². The third-order valence-electron chi connectivity index (χ3n) is 3.12. The van der Waals surface area contributed by atoms with Crippen LogP contribution in [0.3, 0.4) is 0 Å². The van der Waals surface area contributed by atoms with Crippen molar-refractivity contribution >= 4 is 23.4 Å². The molecule has 0 aliphatic carbocycles. The number of aromatic nitrogens is 1. The molecule has 0 radical (unpaired) electrons. The number of anilines is 1. The van der Waals surface area contributed by atoms with Gasteiger partial charge in [0.25, 0.3) is 0 Å². The van der Waals surface area contributed by atoms with Crippen molar-refractivity contribution in [2.24, 2.45) is 0 Å². The van der Waals surface area contributed by atoms with Crippen molar-refractivity contribution in [2.45, 2.75) is 18.4 Å². The Hall–Kier alpha value is -2.21. The molecular weight excluding hydrogens is 300 g/mol. The second-order valence-electron chi connectivity index (χ2n) is 4.89. The normalized spacial score (nSPS) is 12.2. The Kier molecular flexibility index (Phi) is 4.48. The summed E-state index contributed by atoms with van der Waals surface area (Å²) in [6.07, 6.45) is 2.25. The first-order valence-corrected chi connectivity index (χ1v) is 7.94. The van der Waals surface area contributed by atoms with Gasteiger partial charge in [-0.3, -0.25) is 4.79 Å². The first-order valence-electron chi connectivity index (χ1n) is 6.96. The van der Waals surface area contributed by atoms with Gasteiger partial charge < -0.3 is 14.8 Å². The van der Waals surface area contributed by atoms with Crippen LogP contribution in [0.2, 0.25) is 0 Å². The molecule has 0 spiro atoms. The third-order valence-corrected chi connectivity index (χ3v) is 4.07. The van der Waals surface area contributed by atoms with Crippen molar-refractivity contribution in [1.82, 2.24) is 4.98 Å². The van der Waals surface area contributed by atoms with Gasteiger partial charge in [-0.2, -0.15) is 0 Å². The fraction of sp³-hybridized carbons (Fsp3) is 0.250. The Morgan fingerprint density at radius 2 is 2.14 bits per heavy atom. The molecule has 114 valence electrons. The van der Waals surface area contributed by atoms with Gasteiger partial charge in [0.1, 0.15) is 0 Å². The highest BCUT2D eigenvalue weighted by atomic mass is 32.2. The molecule has 1 N–H and O–H groups in total. The van der Waals surface area contributed by atoms with Crippen LogP contribution < -0.4 is 14.8 Å². The Balaban J connectivity index is 1.47. The summed E-state index contributed by atoms with van der Waals surface area (Å²) >= 11 is 1.57. The Morgan fingerprint density at radius 1 is 1.27 bits per heavy atom. The van der Waals surface area contributed by atoms with Crippen molar-refractivity contribution in [1.29, 1.82) is 0 Å². The molecular formula is C16H16N2O3S. The Bertz CT molecular complexity index is 674. The van der Waals surface area contributed by atoms with Crippen LogP contribution in [0, 0.1) is 6.92 Å². The SMILES string of the molecule is Cc1ccc(SCCC(=O)Nc2ccc3c(c2)OCO3)nc1. The predicted octanol–water partition coefficient (Wildman–Crippen LogP) is 3.24. The van der Waals surface area contributed by atoms with E-state index < -0.39 is 0 Å². The minimum Gasteiger partial charge on any atom is -0.454 e. The van der Waals surface area contributed by atoms with Gasteiger partial charge in [-0.15, -0.1) is 11.8 Å². The van der Waals surface area contributed by atoms with Crippen LogP contribution in [0.25, 0.3) is 0 Å². The number of ether oxygens (including phenoxy) is 2. The lowest BCUT2D eigenvalue weighted by Crippen LogP contribution is -2.12. The molecule has 6 heteroatoms. The fourth-order valence-electron chi connectivity index (χ4n) is 1.99. The molecule has 22 heavy (non-hydrogen) atoms. The van der Waals surface area contributed by atoms with Gasteiger partial charge in [0.2, 0.25) is 12.7 Å². The zero-order valence-electron chi connectivity index (χ0n) is 12.2. The summed E-state index contributed by atoms with van der Waals surface area (Å²) in [5, 5.41) is 3.79. The molecule has 0 bridgehead atoms. The maximum Gasteiger partial charge on any atom is 0.231 e. The molecule has 1 aliphatic heterocycles. The molecule has 5 nitrogen and oxygen atoms in total. The Morgan fingerprint density at radius 3 is 2.95 bits per heavy atom. The lowest BCUT2D eigenvalue weighted by atomic mass is 10.2. The molecule has 0 atom stereocenters. The van der Waals surface area contributed by atoms with E-state index in [4.69, 9.17) is 9.47 Å². The lowest BCUT2D eigenvalue weighted by molar-refractivity contribution is -0.115. The second-order valence-corrected chi connectivity index (χ2v) is 6.00. The maximum atomic E-state index is 11.9. The van der Waals surface area contributed by atoms with Crippen molar-refractivity contribution in [2.75, 3.05) is 17.9 Å². The van der Waals surface area contributed by atoms with Gasteiger partial charge in [0, 0.05) is 30.1 Å². The Labute approximate surface area is 133 Å². The zero-order valence-corrected chi connectivity index (χ0v) is 13.0. The van der Waals surface area contributed by atoms with Crippen LogP contribution in [0.4, 0.5) is 5.69 Å². The van der Waals surface area contributed by atoms with E-state index in [0.29, 0.717) is 29.4 Å². The zero-order chi connectivity index (χ0) is 15.4. The van der Waals surface area contributed by atoms with Crippen molar-refractivity contribution in [3.05, 3.63) is 42.1 Å². The van der Waals surface area contributed by atoms with Crippen LogP contribution in [0.1, 0.15) is 12.0 Å². The van der Waals surface area contributed by atoms with Crippen LogP contribution in [0.5, 0.6) is 11.5 Å². The molecule has 1 aliphatic rings. The number of nitrogens with one attached hydrogen (secondary N) is 1. The first-order chi connectivity index (χ1) is 10.7. The van der Waals surface area contributed by atoms with E-state index in [1.807, 2.05) is 25.3 Å². The van der Waals surface area contributed by atoms with Crippen molar-refractivity contribution in [3.8, 4) is 11.5 Å². The van der Waals surface area contributed by atoms with E-state index in [1.54, 1.807) is 30.0 Å². The lowest BCUT2D eigenvalue weighted by Gasteiger charge is -2.06. The fourth-order valence-corrected chi connectivity index (χ4v) is 2.77. The number of nitrogens with zero attached hydrogens (tertiary/aromatic N) is 1. The van der Waals surface area contributed by atoms with E-state index in [2.05, 4.69) is 10.3 Å². The number of pyridine rings is 1. The van der Waals surface area contributed by atoms with Gasteiger partial charge in [-0.25, -0.2) is 4.98 Å². The standard InChI is InChI=1S/C16H16N2O3S/c1-11-2-5-16(17-9-11)22-7-6-15(19)18-12-3-4-13-14(8-12)21-10-20-13/h2-5,8-9H,6-7,10H2,1H3,(H,18,19). The molecule has 3 rings (SSSR count). The van der Waals surface area contributed by atoms with Gasteiger partial charge in [0.15, 0.2) is 11.5 Å². The van der Waals surface area contributed by atoms with Crippen molar-refractivity contribution in [3.63, 3.8) is 0 Å². The molecule has 1 aromatic heterocycles. The smallest absolute Gasteiger partial charge is 0.231 e. The highest BCUT2D eigenvalue weighted by Crippen LogP contribution is 2.34. The van der Waals surface area contributed by atoms with E-state index in [0.717, 1.165) is 10.6 Å². The number of carbonyl (C=O) groups excluding carboxylic acids is 1. The summed E-state index contributed by atoms with van der Waals surface area (Å²) < 4.78 is 10.5. The summed E-state index contributed by atoms with van der Waals surface area (Å²) in [6.45, 7) is 2.23. The molecule has 1 amide bonds. The summed E-state index contributed by atoms with van der Waals surface area (Å²) in [5.41, 5.74) is 1.85. The van der Waals surface area contributed by atoms with Crippen LogP contribution >= 0.6 is 11.8 Å². The minimum absolute atomic E-state index is 0.0292. The highest BCUT2D eigenvalue weighted by molar-refractivity contribution is 7.99. The largest absolute Gasteiger partial charge is 0.454 e. The summed E-state index contributed by atoms with van der Waals surface area (Å²) in [4.78, 5) is 16.2. The van der Waals surface area contributed by atoms with Gasteiger partial charge in [-0.05, 0) is 30.7 Å². The number of thioether (sulfide) groups is 1. The first kappa shape index (κ1) is 14.7. The van der Waals surface area contributed by atoms with Gasteiger partial charge >= 0.3 is 0 Å². The molecule has 2 aromatic rings. The number of rotatable bonds is 5. The average molecular weight is 316 g/mol. The molecule has 2 heterocycles. The molecule has 1 aromatic carbocycles. The number of hydrogen-bond donors (Lipinski definition) is 1. The highest BCUT2D eigenvalue weighted by Gasteiger charge is 2.14. The summed E-state index contributed by atoms with van der Waals surface area (Å²) in [6, 6.07) is 9.36. The minimum atomic E-state index is -0.0292. The number of aryl methyl sites for hydroxylation is 1. The maximum absolute atomic E-state index is 11.9. The third kappa shape index (κ3) is 3.71. The molecule has 0 unspecified atom stereocenters. The number of hydrogen-bond acceptors (Lipinski definition) is 5. The van der Waals surface area contributed by atoms with Crippen LogP contribution in [0.15, 0.2) is 41.6 Å². The van der Waals surface area contributed by atoms with Crippen molar-refractivity contribution < 1.29 is 14.3 Å². The van der Waals surface area contributed by atoms with E-state index in [-0.39, 0.29) is 12.7 Å². The quantitative estimate of drug-likeness (QED) is 0.858. The van der Waals surface area contributed by atoms with E-state index in [9.17, 15) is 4.79 Å². The molecule has 0 saturated heterocycles. The number of amides is 1. The predicted molar refractivity (Wildman–Crippen MR) is 85.5 cm³/mol. The topological polar surface area (TPSA) is 60.5 Å². The summed E-state index contributed by atoms with van der Waals surface area (Å²) in [5.74, 6) is 2.03. The van der Waals surface area contributed by atoms with Gasteiger partial charge in [0.05, 0.1) is 5.03 Å². The number of carbonyl (C=O) groups is 1. The summed E-state index contributed by atoms with van der Waals surface area (Å²) in [7, 11) is 0. The molecule has 0 fully saturated rings. The van der Waals surface area contributed by atoms with E-state index >= 15 is 0 Å². The monoisotopic (exact) mass is 316 g/mol. The van der Waals surface area contributed by atoms with Crippen LogP contribution in [-0.4, -0.2) is 23.4 Å². The average Bonchev–Trinajstić information content (AvgIpc) is 2.97. The number of fused-ring (bicyclic) bond motifs is 1. The van der Waals surface area contributed by atoms with E-state index in [1.165, 1.54) is 0 Å². The molecule has 0 saturated carbocycles. The van der Waals surface area contributed by atoms with Gasteiger partial charge in [-0.1, -0.05) is 6.07 Å².